The maximum atomic E-state index is 14.1. The van der Waals surface area contributed by atoms with Gasteiger partial charge in [-0.15, -0.1) is 0 Å². The summed E-state index contributed by atoms with van der Waals surface area (Å²) in [5, 5.41) is 4.15. The number of pyridine rings is 1. The molecule has 0 aliphatic carbocycles. The largest absolute Gasteiger partial charge is 0.496 e. The summed E-state index contributed by atoms with van der Waals surface area (Å²) in [4.78, 5) is 22.2. The Balaban J connectivity index is 1.41. The Labute approximate surface area is 227 Å². The van der Waals surface area contributed by atoms with E-state index >= 15 is 0 Å². The van der Waals surface area contributed by atoms with E-state index in [4.69, 9.17) is 9.47 Å². The molecule has 4 aromatic rings. The summed E-state index contributed by atoms with van der Waals surface area (Å²) in [5.74, 6) is 0.456. The fourth-order valence-electron chi connectivity index (χ4n) is 4.72. The number of carbonyl (C=O) groups is 1. The molecule has 0 saturated heterocycles. The average Bonchev–Trinajstić information content (AvgIpc) is 3.36. The number of carbonyl (C=O) groups excluding carboxylic acids is 1. The molecule has 0 spiro atoms. The first-order valence-electron chi connectivity index (χ1n) is 13.0. The Hall–Kier alpha value is -4.33. The minimum absolute atomic E-state index is 0.284. The molecule has 1 aliphatic rings. The number of para-hydroxylation sites is 1. The van der Waals surface area contributed by atoms with Crippen LogP contribution in [0.5, 0.6) is 5.75 Å². The molecule has 2 aromatic carbocycles. The average molecular weight is 529 g/mol. The zero-order valence-corrected chi connectivity index (χ0v) is 22.7. The fraction of sp³-hybridized carbons (Fsp3) is 0.290. The van der Waals surface area contributed by atoms with E-state index in [0.717, 1.165) is 44.7 Å². The molecule has 8 heteroatoms. The number of aromatic amines is 1. The second-order valence-corrected chi connectivity index (χ2v) is 10.6. The maximum Gasteiger partial charge on any atom is 0.410 e. The van der Waals surface area contributed by atoms with E-state index < -0.39 is 5.60 Å². The van der Waals surface area contributed by atoms with Gasteiger partial charge in [-0.25, -0.2) is 14.2 Å². The topological polar surface area (TPSA) is 79.5 Å². The summed E-state index contributed by atoms with van der Waals surface area (Å²) in [5.41, 5.74) is 5.73. The van der Waals surface area contributed by atoms with Crippen LogP contribution in [0.1, 0.15) is 38.4 Å². The standard InChI is InChI=1S/C31H33FN4O3/c1-31(2,3)39-30(37)36-15-12-21(13-16-36)27-18-24-22(11-14-33-29(24)35-27)23-17-20(9-10-28(23)38-4)19-34-26-8-6-5-7-25(26)32/h5-12,14,17-18,34H,13,15-16,19H2,1-4H3,(H,33,35). The highest BCUT2D eigenvalue weighted by Gasteiger charge is 2.24. The first-order chi connectivity index (χ1) is 18.7. The number of anilines is 1. The number of ether oxygens (including phenoxy) is 2. The van der Waals surface area contributed by atoms with E-state index in [-0.39, 0.29) is 11.9 Å². The molecule has 0 unspecified atom stereocenters. The van der Waals surface area contributed by atoms with Crippen LogP contribution in [0.15, 0.2) is 66.9 Å². The Bertz CT molecular complexity index is 1540. The Morgan fingerprint density at radius 3 is 2.67 bits per heavy atom. The van der Waals surface area contributed by atoms with Gasteiger partial charge in [0.25, 0.3) is 0 Å². The van der Waals surface area contributed by atoms with Gasteiger partial charge in [0.1, 0.15) is 22.8 Å². The van der Waals surface area contributed by atoms with Crippen LogP contribution in [0, 0.1) is 5.82 Å². The second kappa shape index (κ2) is 10.8. The number of nitrogens with zero attached hydrogens (tertiary/aromatic N) is 2. The fourth-order valence-corrected chi connectivity index (χ4v) is 4.72. The lowest BCUT2D eigenvalue weighted by atomic mass is 9.99. The normalized spacial score (nSPS) is 13.8. The lowest BCUT2D eigenvalue weighted by Gasteiger charge is -2.29. The minimum Gasteiger partial charge on any atom is -0.496 e. The van der Waals surface area contributed by atoms with Crippen LogP contribution in [0.4, 0.5) is 14.9 Å². The maximum absolute atomic E-state index is 14.1. The van der Waals surface area contributed by atoms with Gasteiger partial charge >= 0.3 is 6.09 Å². The summed E-state index contributed by atoms with van der Waals surface area (Å²) in [6.07, 6.45) is 4.26. The summed E-state index contributed by atoms with van der Waals surface area (Å²) >= 11 is 0. The molecule has 0 fully saturated rings. The molecule has 1 amide bonds. The van der Waals surface area contributed by atoms with Crippen molar-refractivity contribution < 1.29 is 18.7 Å². The molecule has 1 aliphatic heterocycles. The van der Waals surface area contributed by atoms with Crippen LogP contribution in [0.3, 0.4) is 0 Å². The smallest absolute Gasteiger partial charge is 0.410 e. The Morgan fingerprint density at radius 1 is 1.13 bits per heavy atom. The van der Waals surface area contributed by atoms with Gasteiger partial charge in [0, 0.05) is 42.5 Å². The quantitative estimate of drug-likeness (QED) is 0.281. The van der Waals surface area contributed by atoms with Gasteiger partial charge in [0.15, 0.2) is 0 Å². The molecule has 5 rings (SSSR count). The van der Waals surface area contributed by atoms with Gasteiger partial charge in [0.2, 0.25) is 0 Å². The van der Waals surface area contributed by atoms with Crippen molar-refractivity contribution in [3.05, 3.63) is 83.9 Å². The van der Waals surface area contributed by atoms with Crippen LogP contribution < -0.4 is 10.1 Å². The number of amides is 1. The summed E-state index contributed by atoms with van der Waals surface area (Å²) in [6.45, 7) is 7.15. The van der Waals surface area contributed by atoms with Crippen molar-refractivity contribution in [3.63, 3.8) is 0 Å². The third-order valence-electron chi connectivity index (χ3n) is 6.65. The van der Waals surface area contributed by atoms with Crippen molar-refractivity contribution in [2.45, 2.75) is 39.3 Å². The number of nitrogens with one attached hydrogen (secondary N) is 2. The number of rotatable bonds is 6. The van der Waals surface area contributed by atoms with Gasteiger partial charge in [-0.1, -0.05) is 24.3 Å². The molecular formula is C31H33FN4O3. The first kappa shape index (κ1) is 26.3. The van der Waals surface area contributed by atoms with E-state index in [1.54, 1.807) is 36.4 Å². The third-order valence-corrected chi connectivity index (χ3v) is 6.65. The highest BCUT2D eigenvalue weighted by molar-refractivity contribution is 5.97. The van der Waals surface area contributed by atoms with Crippen molar-refractivity contribution >= 4 is 28.4 Å². The Kier molecular flexibility index (Phi) is 7.28. The van der Waals surface area contributed by atoms with Crippen LogP contribution in [0.25, 0.3) is 27.7 Å². The van der Waals surface area contributed by atoms with Crippen molar-refractivity contribution in [1.29, 1.82) is 0 Å². The molecule has 2 N–H and O–H groups in total. The number of hydrogen-bond acceptors (Lipinski definition) is 5. The molecular weight excluding hydrogens is 495 g/mol. The van der Waals surface area contributed by atoms with Crippen molar-refractivity contribution in [1.82, 2.24) is 14.9 Å². The molecule has 0 saturated carbocycles. The highest BCUT2D eigenvalue weighted by atomic mass is 19.1. The predicted octanol–water partition coefficient (Wildman–Crippen LogP) is 7.01. The number of H-pyrrole nitrogens is 1. The van der Waals surface area contributed by atoms with Gasteiger partial charge in [-0.2, -0.15) is 0 Å². The van der Waals surface area contributed by atoms with Crippen molar-refractivity contribution in [2.24, 2.45) is 0 Å². The number of hydrogen-bond donors (Lipinski definition) is 2. The molecule has 3 heterocycles. The molecule has 0 radical (unpaired) electrons. The summed E-state index contributed by atoms with van der Waals surface area (Å²) in [7, 11) is 1.65. The number of methoxy groups -OCH3 is 1. The highest BCUT2D eigenvalue weighted by Crippen LogP contribution is 2.37. The van der Waals surface area contributed by atoms with E-state index in [2.05, 4.69) is 33.5 Å². The zero-order chi connectivity index (χ0) is 27.6. The number of benzene rings is 2. The van der Waals surface area contributed by atoms with Crippen LogP contribution >= 0.6 is 0 Å². The van der Waals surface area contributed by atoms with E-state index in [1.807, 2.05) is 39.0 Å². The molecule has 0 atom stereocenters. The first-order valence-corrected chi connectivity index (χ1v) is 13.0. The minimum atomic E-state index is -0.521. The van der Waals surface area contributed by atoms with Crippen molar-refractivity contribution in [2.75, 3.05) is 25.5 Å². The molecule has 39 heavy (non-hydrogen) atoms. The monoisotopic (exact) mass is 528 g/mol. The summed E-state index contributed by atoms with van der Waals surface area (Å²) < 4.78 is 25.3. The third kappa shape index (κ3) is 5.90. The van der Waals surface area contributed by atoms with E-state index in [1.165, 1.54) is 6.07 Å². The lowest BCUT2D eigenvalue weighted by Crippen LogP contribution is -2.39. The van der Waals surface area contributed by atoms with Crippen molar-refractivity contribution in [3.8, 4) is 16.9 Å². The molecule has 7 nitrogen and oxygen atoms in total. The van der Waals surface area contributed by atoms with E-state index in [9.17, 15) is 9.18 Å². The second-order valence-electron chi connectivity index (χ2n) is 10.6. The summed E-state index contributed by atoms with van der Waals surface area (Å²) in [6, 6.07) is 16.7. The SMILES string of the molecule is COc1ccc(CNc2ccccc2F)cc1-c1ccnc2[nH]c(C3=CCN(C(=O)OC(C)(C)C)CC3)cc12. The van der Waals surface area contributed by atoms with Gasteiger partial charge in [0.05, 0.1) is 12.8 Å². The number of halogens is 1. The van der Waals surface area contributed by atoms with Gasteiger partial charge < -0.3 is 24.7 Å². The van der Waals surface area contributed by atoms with Crippen LogP contribution in [0.2, 0.25) is 0 Å². The predicted molar refractivity (Wildman–Crippen MR) is 152 cm³/mol. The van der Waals surface area contributed by atoms with Gasteiger partial charge in [-0.05, 0) is 80.3 Å². The Morgan fingerprint density at radius 2 is 1.95 bits per heavy atom. The molecule has 202 valence electrons. The van der Waals surface area contributed by atoms with Gasteiger partial charge in [-0.3, -0.25) is 0 Å². The van der Waals surface area contributed by atoms with Crippen LogP contribution in [-0.4, -0.2) is 46.8 Å². The molecule has 2 aromatic heterocycles. The zero-order valence-electron chi connectivity index (χ0n) is 22.7. The number of fused-ring (bicyclic) bond motifs is 1. The van der Waals surface area contributed by atoms with E-state index in [0.29, 0.717) is 31.7 Å². The lowest BCUT2D eigenvalue weighted by molar-refractivity contribution is 0.0270. The molecule has 0 bridgehead atoms. The van der Waals surface area contributed by atoms with Crippen LogP contribution in [-0.2, 0) is 11.3 Å². The number of aromatic nitrogens is 2.